The van der Waals surface area contributed by atoms with E-state index in [1.165, 1.54) is 11.1 Å². The average Bonchev–Trinajstić information content (AvgIpc) is 3.09. The SMILES string of the molecule is CC1CC1C1(C(=O)O)CCC(N2CC[C@@]3(C=Cc4ccccc43)[C@@H](C)C2)C1. The molecule has 6 atom stereocenters. The van der Waals surface area contributed by atoms with Gasteiger partial charge in [0, 0.05) is 18.0 Å². The Morgan fingerprint density at radius 2 is 2.00 bits per heavy atom. The third-order valence-electron chi connectivity index (χ3n) is 8.51. The first-order valence-corrected chi connectivity index (χ1v) is 10.7. The fraction of sp³-hybridized carbons (Fsp3) is 0.625. The highest BCUT2D eigenvalue weighted by Gasteiger charge is 2.59. The highest BCUT2D eigenvalue weighted by atomic mass is 16.4. The van der Waals surface area contributed by atoms with Gasteiger partial charge in [0.15, 0.2) is 0 Å². The molecule has 27 heavy (non-hydrogen) atoms. The van der Waals surface area contributed by atoms with Crippen LogP contribution in [-0.4, -0.2) is 35.1 Å². The summed E-state index contributed by atoms with van der Waals surface area (Å²) in [4.78, 5) is 14.8. The van der Waals surface area contributed by atoms with Crippen LogP contribution in [0, 0.1) is 23.2 Å². The number of piperidine rings is 1. The van der Waals surface area contributed by atoms with Crippen LogP contribution in [0.3, 0.4) is 0 Å². The lowest BCUT2D eigenvalue weighted by molar-refractivity contribution is -0.150. The quantitative estimate of drug-likeness (QED) is 0.853. The van der Waals surface area contributed by atoms with Gasteiger partial charge in [-0.25, -0.2) is 0 Å². The normalized spacial score (nSPS) is 43.2. The van der Waals surface area contributed by atoms with E-state index in [-0.39, 0.29) is 5.41 Å². The van der Waals surface area contributed by atoms with E-state index in [1.807, 2.05) is 0 Å². The molecule has 0 aromatic heterocycles. The van der Waals surface area contributed by atoms with E-state index in [0.29, 0.717) is 23.8 Å². The number of fused-ring (bicyclic) bond motifs is 2. The number of hydrogen-bond donors (Lipinski definition) is 1. The summed E-state index contributed by atoms with van der Waals surface area (Å²) in [6.07, 6.45) is 9.81. The Labute approximate surface area is 162 Å². The van der Waals surface area contributed by atoms with Crippen molar-refractivity contribution in [3.8, 4) is 0 Å². The van der Waals surface area contributed by atoms with Crippen molar-refractivity contribution >= 4 is 12.0 Å². The van der Waals surface area contributed by atoms with Gasteiger partial charge in [0.25, 0.3) is 0 Å². The third kappa shape index (κ3) is 2.47. The van der Waals surface area contributed by atoms with Gasteiger partial charge in [0.2, 0.25) is 0 Å². The topological polar surface area (TPSA) is 40.5 Å². The van der Waals surface area contributed by atoms with Crippen LogP contribution < -0.4 is 0 Å². The van der Waals surface area contributed by atoms with Gasteiger partial charge in [-0.1, -0.05) is 50.3 Å². The van der Waals surface area contributed by atoms with Crippen LogP contribution in [-0.2, 0) is 10.2 Å². The zero-order valence-corrected chi connectivity index (χ0v) is 16.5. The smallest absolute Gasteiger partial charge is 0.309 e. The molecule has 3 aliphatic carbocycles. The Balaban J connectivity index is 1.33. The van der Waals surface area contributed by atoms with Crippen molar-refractivity contribution in [1.29, 1.82) is 0 Å². The number of carboxylic acid groups (broad SMARTS) is 1. The minimum atomic E-state index is -0.534. The highest BCUT2D eigenvalue weighted by Crippen LogP contribution is 2.59. The second kappa shape index (κ2) is 5.94. The summed E-state index contributed by atoms with van der Waals surface area (Å²) >= 11 is 0. The Kier molecular flexibility index (Phi) is 3.85. The van der Waals surface area contributed by atoms with Gasteiger partial charge in [-0.2, -0.15) is 0 Å². The van der Waals surface area contributed by atoms with Gasteiger partial charge in [0.1, 0.15) is 0 Å². The number of carboxylic acids is 1. The zero-order chi connectivity index (χ0) is 18.8. The lowest BCUT2D eigenvalue weighted by Crippen LogP contribution is -2.50. The molecular formula is C24H31NO2. The fourth-order valence-electron chi connectivity index (χ4n) is 6.70. The number of carbonyl (C=O) groups is 1. The molecule has 5 rings (SSSR count). The molecule has 2 saturated carbocycles. The van der Waals surface area contributed by atoms with Gasteiger partial charge in [-0.05, 0) is 67.5 Å². The summed E-state index contributed by atoms with van der Waals surface area (Å²) in [7, 11) is 0. The molecule has 3 heteroatoms. The first-order valence-electron chi connectivity index (χ1n) is 10.7. The Bertz CT molecular complexity index is 801. The van der Waals surface area contributed by atoms with Crippen LogP contribution in [0.1, 0.15) is 57.1 Å². The minimum absolute atomic E-state index is 0.181. The Hall–Kier alpha value is -1.61. The van der Waals surface area contributed by atoms with Crippen molar-refractivity contribution in [3.63, 3.8) is 0 Å². The molecule has 1 saturated heterocycles. The van der Waals surface area contributed by atoms with Crippen LogP contribution in [0.2, 0.25) is 0 Å². The lowest BCUT2D eigenvalue weighted by Gasteiger charge is -2.46. The molecule has 0 bridgehead atoms. The Morgan fingerprint density at radius 1 is 1.22 bits per heavy atom. The van der Waals surface area contributed by atoms with Gasteiger partial charge in [-0.15, -0.1) is 0 Å². The molecule has 4 unspecified atom stereocenters. The van der Waals surface area contributed by atoms with E-state index in [1.54, 1.807) is 0 Å². The Morgan fingerprint density at radius 3 is 2.70 bits per heavy atom. The van der Waals surface area contributed by atoms with Crippen molar-refractivity contribution in [3.05, 3.63) is 41.5 Å². The van der Waals surface area contributed by atoms with E-state index in [0.717, 1.165) is 45.2 Å². The van der Waals surface area contributed by atoms with E-state index in [4.69, 9.17) is 0 Å². The summed E-state index contributed by atoms with van der Waals surface area (Å²) < 4.78 is 0. The minimum Gasteiger partial charge on any atom is -0.481 e. The van der Waals surface area contributed by atoms with Gasteiger partial charge in [0.05, 0.1) is 5.41 Å². The summed E-state index contributed by atoms with van der Waals surface area (Å²) in [5.74, 6) is 1.04. The molecule has 1 spiro atoms. The van der Waals surface area contributed by atoms with E-state index in [2.05, 4.69) is 55.2 Å². The molecule has 0 radical (unpaired) electrons. The number of hydrogen-bond acceptors (Lipinski definition) is 2. The van der Waals surface area contributed by atoms with Crippen molar-refractivity contribution in [2.45, 2.75) is 57.4 Å². The first-order chi connectivity index (χ1) is 13.0. The van der Waals surface area contributed by atoms with Crippen molar-refractivity contribution in [2.75, 3.05) is 13.1 Å². The fourth-order valence-corrected chi connectivity index (χ4v) is 6.70. The molecule has 1 aromatic carbocycles. The van der Waals surface area contributed by atoms with E-state index >= 15 is 0 Å². The average molecular weight is 366 g/mol. The van der Waals surface area contributed by atoms with Crippen LogP contribution in [0.25, 0.3) is 6.08 Å². The number of allylic oxidation sites excluding steroid dienone is 1. The van der Waals surface area contributed by atoms with Crippen LogP contribution in [0.4, 0.5) is 0 Å². The number of aliphatic carboxylic acids is 1. The molecule has 3 nitrogen and oxygen atoms in total. The molecule has 0 amide bonds. The van der Waals surface area contributed by atoms with Crippen molar-refractivity contribution in [2.24, 2.45) is 23.2 Å². The third-order valence-corrected chi connectivity index (χ3v) is 8.51. The van der Waals surface area contributed by atoms with Crippen LogP contribution in [0.5, 0.6) is 0 Å². The summed E-state index contributed by atoms with van der Waals surface area (Å²) in [5.41, 5.74) is 2.62. The first kappa shape index (κ1) is 17.5. The molecule has 1 heterocycles. The number of benzene rings is 1. The van der Waals surface area contributed by atoms with E-state index < -0.39 is 11.4 Å². The maximum Gasteiger partial charge on any atom is 0.309 e. The van der Waals surface area contributed by atoms with Crippen molar-refractivity contribution < 1.29 is 9.90 Å². The second-order valence-electron chi connectivity index (χ2n) is 9.78. The molecule has 1 N–H and O–H groups in total. The molecular weight excluding hydrogens is 334 g/mol. The predicted molar refractivity (Wildman–Crippen MR) is 107 cm³/mol. The number of rotatable bonds is 3. The maximum atomic E-state index is 12.2. The summed E-state index contributed by atoms with van der Waals surface area (Å²) in [5, 5.41) is 10.0. The predicted octanol–water partition coefficient (Wildman–Crippen LogP) is 4.57. The monoisotopic (exact) mass is 365 g/mol. The number of likely N-dealkylation sites (tertiary alicyclic amines) is 1. The molecule has 1 aromatic rings. The number of nitrogens with zero attached hydrogens (tertiary/aromatic N) is 1. The largest absolute Gasteiger partial charge is 0.481 e. The standard InChI is InChI=1S/C24H31NO2/c1-16-13-21(16)24(22(26)27)10-8-19(14-24)25-12-11-23(17(2)15-25)9-7-18-5-3-4-6-20(18)23/h3-7,9,16-17,19,21H,8,10-15H2,1-2H3,(H,26,27)/t16?,17-,19?,21?,23-,24?/m0/s1. The molecule has 3 fully saturated rings. The molecule has 4 aliphatic rings. The zero-order valence-electron chi connectivity index (χ0n) is 16.5. The highest BCUT2D eigenvalue weighted by molar-refractivity contribution is 5.76. The van der Waals surface area contributed by atoms with Gasteiger partial charge in [-0.3, -0.25) is 9.69 Å². The van der Waals surface area contributed by atoms with Crippen LogP contribution in [0.15, 0.2) is 30.3 Å². The summed E-state index contributed by atoms with van der Waals surface area (Å²) in [6.45, 7) is 6.78. The van der Waals surface area contributed by atoms with Crippen LogP contribution >= 0.6 is 0 Å². The second-order valence-corrected chi connectivity index (χ2v) is 9.78. The maximum absolute atomic E-state index is 12.2. The van der Waals surface area contributed by atoms with Gasteiger partial charge >= 0.3 is 5.97 Å². The molecule has 144 valence electrons. The van der Waals surface area contributed by atoms with Crippen molar-refractivity contribution in [1.82, 2.24) is 4.90 Å². The summed E-state index contributed by atoms with van der Waals surface area (Å²) in [6, 6.07) is 9.29. The lowest BCUT2D eigenvalue weighted by atomic mass is 9.67. The molecule has 1 aliphatic heterocycles. The van der Waals surface area contributed by atoms with Gasteiger partial charge < -0.3 is 5.11 Å². The van der Waals surface area contributed by atoms with E-state index in [9.17, 15) is 9.90 Å².